The van der Waals surface area contributed by atoms with E-state index < -0.39 is 21.7 Å². The number of carbonyl (C=O) groups is 1. The Labute approximate surface area is 137 Å². The molecule has 2 rings (SSSR count). The van der Waals surface area contributed by atoms with E-state index in [0.717, 1.165) is 18.2 Å². The highest BCUT2D eigenvalue weighted by Crippen LogP contribution is 2.28. The lowest BCUT2D eigenvalue weighted by molar-refractivity contribution is 0.102. The van der Waals surface area contributed by atoms with Crippen LogP contribution in [-0.2, 0) is 10.0 Å². The summed E-state index contributed by atoms with van der Waals surface area (Å²) in [6.07, 6.45) is 0. The SMILES string of the molecule is COc1ccc(S(N)(=O)=O)cc1NC(=O)c1ccc(F)cc1Cl. The van der Waals surface area contributed by atoms with E-state index in [2.05, 4.69) is 5.32 Å². The van der Waals surface area contributed by atoms with Crippen molar-refractivity contribution in [1.82, 2.24) is 0 Å². The quantitative estimate of drug-likeness (QED) is 0.876. The lowest BCUT2D eigenvalue weighted by atomic mass is 10.2. The van der Waals surface area contributed by atoms with Gasteiger partial charge in [-0.05, 0) is 36.4 Å². The number of hydrogen-bond donors (Lipinski definition) is 2. The van der Waals surface area contributed by atoms with Crippen LogP contribution < -0.4 is 15.2 Å². The lowest BCUT2D eigenvalue weighted by Crippen LogP contribution is -2.16. The van der Waals surface area contributed by atoms with E-state index in [1.54, 1.807) is 0 Å². The number of ether oxygens (including phenoxy) is 1. The number of amides is 1. The number of carbonyl (C=O) groups excluding carboxylic acids is 1. The first kappa shape index (κ1) is 17.2. The van der Waals surface area contributed by atoms with Crippen molar-refractivity contribution in [2.75, 3.05) is 12.4 Å². The first-order chi connectivity index (χ1) is 10.7. The highest BCUT2D eigenvalue weighted by molar-refractivity contribution is 7.89. The van der Waals surface area contributed by atoms with Crippen molar-refractivity contribution in [3.05, 3.63) is 52.8 Å². The molecule has 2 aromatic rings. The van der Waals surface area contributed by atoms with Gasteiger partial charge in [-0.1, -0.05) is 11.6 Å². The predicted molar refractivity (Wildman–Crippen MR) is 83.7 cm³/mol. The summed E-state index contributed by atoms with van der Waals surface area (Å²) >= 11 is 5.82. The van der Waals surface area contributed by atoms with Crippen LogP contribution in [0, 0.1) is 5.82 Å². The molecule has 0 fully saturated rings. The van der Waals surface area contributed by atoms with Gasteiger partial charge in [0, 0.05) is 0 Å². The molecule has 1 amide bonds. The third-order valence-electron chi connectivity index (χ3n) is 2.92. The van der Waals surface area contributed by atoms with Gasteiger partial charge in [-0.3, -0.25) is 4.79 Å². The molecular formula is C14H12ClFN2O4S. The molecule has 23 heavy (non-hydrogen) atoms. The van der Waals surface area contributed by atoms with Crippen LogP contribution in [-0.4, -0.2) is 21.4 Å². The standard InChI is InChI=1S/C14H12ClFN2O4S/c1-22-13-5-3-9(23(17,20)21)7-12(13)18-14(19)10-4-2-8(16)6-11(10)15/h2-7H,1H3,(H,18,19)(H2,17,20,21). The number of nitrogens with one attached hydrogen (secondary N) is 1. The molecule has 0 atom stereocenters. The molecule has 0 saturated carbocycles. The maximum Gasteiger partial charge on any atom is 0.257 e. The molecule has 0 aliphatic rings. The number of sulfonamides is 1. The number of rotatable bonds is 4. The summed E-state index contributed by atoms with van der Waals surface area (Å²) in [7, 11) is -2.59. The van der Waals surface area contributed by atoms with E-state index in [9.17, 15) is 17.6 Å². The summed E-state index contributed by atoms with van der Waals surface area (Å²) in [5.41, 5.74) is 0.112. The highest BCUT2D eigenvalue weighted by atomic mass is 35.5. The van der Waals surface area contributed by atoms with Crippen molar-refractivity contribution in [2.45, 2.75) is 4.90 Å². The molecule has 3 N–H and O–H groups in total. The third-order valence-corrected chi connectivity index (χ3v) is 4.15. The number of methoxy groups -OCH3 is 1. The van der Waals surface area contributed by atoms with E-state index in [0.29, 0.717) is 0 Å². The minimum absolute atomic E-state index is 0.0242. The van der Waals surface area contributed by atoms with E-state index >= 15 is 0 Å². The van der Waals surface area contributed by atoms with Crippen LogP contribution in [0.1, 0.15) is 10.4 Å². The molecule has 9 heteroatoms. The summed E-state index contributed by atoms with van der Waals surface area (Å²) in [6, 6.07) is 7.04. The average molecular weight is 359 g/mol. The summed E-state index contributed by atoms with van der Waals surface area (Å²) < 4.78 is 40.9. The Balaban J connectivity index is 2.40. The van der Waals surface area contributed by atoms with Crippen molar-refractivity contribution in [3.8, 4) is 5.75 Å². The van der Waals surface area contributed by atoms with Crippen molar-refractivity contribution >= 4 is 33.2 Å². The van der Waals surface area contributed by atoms with Crippen molar-refractivity contribution in [2.24, 2.45) is 5.14 Å². The number of anilines is 1. The second-order valence-electron chi connectivity index (χ2n) is 4.49. The van der Waals surface area contributed by atoms with Crippen LogP contribution in [0.2, 0.25) is 5.02 Å². The van der Waals surface area contributed by atoms with Crippen molar-refractivity contribution in [1.29, 1.82) is 0 Å². The molecule has 0 radical (unpaired) electrons. The maximum atomic E-state index is 13.0. The number of nitrogens with two attached hydrogens (primary N) is 1. The summed E-state index contributed by atoms with van der Waals surface area (Å²) in [5, 5.41) is 7.44. The normalized spacial score (nSPS) is 11.1. The summed E-state index contributed by atoms with van der Waals surface area (Å²) in [4.78, 5) is 12.0. The highest BCUT2D eigenvalue weighted by Gasteiger charge is 2.16. The second kappa shape index (κ2) is 6.53. The Hall–Kier alpha value is -2.16. The Bertz CT molecular complexity index is 871. The average Bonchev–Trinajstić information content (AvgIpc) is 2.46. The Kier molecular flexibility index (Phi) is 4.88. The zero-order chi connectivity index (χ0) is 17.2. The first-order valence-electron chi connectivity index (χ1n) is 6.19. The van der Waals surface area contributed by atoms with Gasteiger partial charge in [0.15, 0.2) is 0 Å². The number of primary sulfonamides is 1. The van der Waals surface area contributed by atoms with Gasteiger partial charge in [-0.15, -0.1) is 0 Å². The van der Waals surface area contributed by atoms with Gasteiger partial charge in [0.05, 0.1) is 28.3 Å². The molecule has 0 heterocycles. The molecule has 6 nitrogen and oxygen atoms in total. The largest absolute Gasteiger partial charge is 0.495 e. The van der Waals surface area contributed by atoms with Gasteiger partial charge in [0.2, 0.25) is 10.0 Å². The molecule has 122 valence electrons. The number of halogens is 2. The molecule has 2 aromatic carbocycles. The summed E-state index contributed by atoms with van der Waals surface area (Å²) in [6.45, 7) is 0. The Morgan fingerprint density at radius 3 is 2.52 bits per heavy atom. The van der Waals surface area contributed by atoms with Crippen LogP contribution in [0.15, 0.2) is 41.3 Å². The van der Waals surface area contributed by atoms with Crippen LogP contribution in [0.4, 0.5) is 10.1 Å². The van der Waals surface area contributed by atoms with Gasteiger partial charge in [-0.25, -0.2) is 17.9 Å². The van der Waals surface area contributed by atoms with Gasteiger partial charge in [0.25, 0.3) is 5.91 Å². The molecule has 0 aliphatic heterocycles. The molecule has 0 saturated heterocycles. The van der Waals surface area contributed by atoms with Gasteiger partial charge < -0.3 is 10.1 Å². The smallest absolute Gasteiger partial charge is 0.257 e. The number of hydrogen-bond acceptors (Lipinski definition) is 4. The molecule has 0 spiro atoms. The van der Waals surface area contributed by atoms with Gasteiger partial charge in [-0.2, -0.15) is 0 Å². The Morgan fingerprint density at radius 1 is 1.26 bits per heavy atom. The maximum absolute atomic E-state index is 13.0. The van der Waals surface area contributed by atoms with Crippen molar-refractivity contribution in [3.63, 3.8) is 0 Å². The number of benzene rings is 2. The fourth-order valence-electron chi connectivity index (χ4n) is 1.83. The van der Waals surface area contributed by atoms with Crippen LogP contribution >= 0.6 is 11.6 Å². The fourth-order valence-corrected chi connectivity index (χ4v) is 2.62. The van der Waals surface area contributed by atoms with E-state index in [1.807, 2.05) is 0 Å². The van der Waals surface area contributed by atoms with Crippen LogP contribution in [0.25, 0.3) is 0 Å². The lowest BCUT2D eigenvalue weighted by Gasteiger charge is -2.12. The fraction of sp³-hybridized carbons (Fsp3) is 0.0714. The second-order valence-corrected chi connectivity index (χ2v) is 6.45. The zero-order valence-electron chi connectivity index (χ0n) is 11.8. The Morgan fingerprint density at radius 2 is 1.96 bits per heavy atom. The monoisotopic (exact) mass is 358 g/mol. The van der Waals surface area contributed by atoms with Gasteiger partial charge in [0.1, 0.15) is 11.6 Å². The predicted octanol–water partition coefficient (Wildman–Crippen LogP) is 2.39. The molecule has 0 aromatic heterocycles. The van der Waals surface area contributed by atoms with E-state index in [1.165, 1.54) is 25.3 Å². The van der Waals surface area contributed by atoms with Crippen LogP contribution in [0.5, 0.6) is 5.75 Å². The third kappa shape index (κ3) is 3.98. The van der Waals surface area contributed by atoms with E-state index in [-0.39, 0.29) is 26.9 Å². The minimum atomic E-state index is -3.95. The van der Waals surface area contributed by atoms with Crippen molar-refractivity contribution < 1.29 is 22.3 Å². The zero-order valence-corrected chi connectivity index (χ0v) is 13.4. The first-order valence-corrected chi connectivity index (χ1v) is 8.12. The van der Waals surface area contributed by atoms with E-state index in [4.69, 9.17) is 21.5 Å². The van der Waals surface area contributed by atoms with Crippen LogP contribution in [0.3, 0.4) is 0 Å². The molecular weight excluding hydrogens is 347 g/mol. The molecule has 0 aliphatic carbocycles. The minimum Gasteiger partial charge on any atom is -0.495 e. The van der Waals surface area contributed by atoms with Gasteiger partial charge >= 0.3 is 0 Å². The molecule has 0 unspecified atom stereocenters. The summed E-state index contributed by atoms with van der Waals surface area (Å²) in [5.74, 6) is -1.01. The molecule has 0 bridgehead atoms. The topological polar surface area (TPSA) is 98.5 Å².